The van der Waals surface area contributed by atoms with Crippen molar-refractivity contribution in [2.45, 2.75) is 58.5 Å². The van der Waals surface area contributed by atoms with Gasteiger partial charge in [-0.3, -0.25) is 4.90 Å². The summed E-state index contributed by atoms with van der Waals surface area (Å²) >= 11 is 5.79. The van der Waals surface area contributed by atoms with Crippen molar-refractivity contribution < 1.29 is 0 Å². The van der Waals surface area contributed by atoms with Crippen LogP contribution in [0.2, 0.25) is 5.15 Å². The lowest BCUT2D eigenvalue weighted by atomic mass is 10.1. The molecule has 0 N–H and O–H groups in total. The van der Waals surface area contributed by atoms with E-state index in [0.29, 0.717) is 5.15 Å². The van der Waals surface area contributed by atoms with Crippen molar-refractivity contribution in [2.75, 3.05) is 6.54 Å². The smallest absolute Gasteiger partial charge is 0.151 e. The lowest BCUT2D eigenvalue weighted by molar-refractivity contribution is 0.177. The second-order valence-corrected chi connectivity index (χ2v) is 6.33. The van der Waals surface area contributed by atoms with Crippen LogP contribution in [-0.2, 0) is 6.54 Å². The highest BCUT2D eigenvalue weighted by molar-refractivity contribution is 6.29. The van der Waals surface area contributed by atoms with Gasteiger partial charge in [0.1, 0.15) is 0 Å². The standard InChI is InChI=1S/C15H24ClN3/c1-12(2)9-10-19(14-5-3-4-6-14)11-13-7-8-15(16)18-17-13/h7-8,12,14H,3-6,9-11H2,1-2H3. The Morgan fingerprint density at radius 3 is 2.58 bits per heavy atom. The van der Waals surface area contributed by atoms with Crippen LogP contribution in [0.4, 0.5) is 0 Å². The molecule has 0 unspecified atom stereocenters. The van der Waals surface area contributed by atoms with Crippen LogP contribution in [0.1, 0.15) is 51.6 Å². The maximum Gasteiger partial charge on any atom is 0.151 e. The quantitative estimate of drug-likeness (QED) is 0.791. The first-order valence-electron chi connectivity index (χ1n) is 7.37. The van der Waals surface area contributed by atoms with Gasteiger partial charge in [-0.1, -0.05) is 38.3 Å². The van der Waals surface area contributed by atoms with Gasteiger partial charge in [0.2, 0.25) is 0 Å². The number of rotatable bonds is 6. The second kappa shape index (κ2) is 7.20. The Morgan fingerprint density at radius 1 is 1.26 bits per heavy atom. The topological polar surface area (TPSA) is 29.0 Å². The lowest BCUT2D eigenvalue weighted by Gasteiger charge is -2.29. The number of hydrogen-bond donors (Lipinski definition) is 0. The van der Waals surface area contributed by atoms with Gasteiger partial charge in [0.05, 0.1) is 5.69 Å². The first kappa shape index (κ1) is 14.7. The van der Waals surface area contributed by atoms with Crippen LogP contribution in [0.3, 0.4) is 0 Å². The van der Waals surface area contributed by atoms with Gasteiger partial charge in [-0.25, -0.2) is 0 Å². The van der Waals surface area contributed by atoms with Crippen molar-refractivity contribution >= 4 is 11.6 Å². The SMILES string of the molecule is CC(C)CCN(Cc1ccc(Cl)nn1)C1CCCC1. The van der Waals surface area contributed by atoms with E-state index in [1.165, 1.54) is 32.1 Å². The molecule has 1 fully saturated rings. The maximum absolute atomic E-state index is 5.79. The highest BCUT2D eigenvalue weighted by atomic mass is 35.5. The number of aromatic nitrogens is 2. The van der Waals surface area contributed by atoms with Crippen LogP contribution in [-0.4, -0.2) is 27.7 Å². The van der Waals surface area contributed by atoms with Crippen molar-refractivity contribution in [1.29, 1.82) is 0 Å². The molecule has 1 aliphatic carbocycles. The van der Waals surface area contributed by atoms with Crippen LogP contribution >= 0.6 is 11.6 Å². The zero-order chi connectivity index (χ0) is 13.7. The minimum Gasteiger partial charge on any atom is -0.294 e. The highest BCUT2D eigenvalue weighted by Crippen LogP contribution is 2.25. The minimum atomic E-state index is 0.471. The van der Waals surface area contributed by atoms with Gasteiger partial charge in [-0.05, 0) is 43.9 Å². The summed E-state index contributed by atoms with van der Waals surface area (Å²) in [5, 5.41) is 8.61. The molecule has 1 heterocycles. The Balaban J connectivity index is 1.97. The third kappa shape index (κ3) is 4.73. The molecule has 4 heteroatoms. The molecule has 0 aliphatic heterocycles. The fraction of sp³-hybridized carbons (Fsp3) is 0.733. The van der Waals surface area contributed by atoms with Gasteiger partial charge in [0.25, 0.3) is 0 Å². The molecule has 19 heavy (non-hydrogen) atoms. The third-order valence-electron chi connectivity index (χ3n) is 3.89. The van der Waals surface area contributed by atoms with Crippen molar-refractivity contribution in [2.24, 2.45) is 5.92 Å². The van der Waals surface area contributed by atoms with Crippen LogP contribution < -0.4 is 0 Å². The zero-order valence-corrected chi connectivity index (χ0v) is 12.7. The minimum absolute atomic E-state index is 0.471. The van der Waals surface area contributed by atoms with Crippen LogP contribution in [0.15, 0.2) is 12.1 Å². The van der Waals surface area contributed by atoms with Crippen molar-refractivity contribution in [3.05, 3.63) is 23.0 Å². The van der Waals surface area contributed by atoms with Gasteiger partial charge < -0.3 is 0 Å². The predicted octanol–water partition coefficient (Wildman–Crippen LogP) is 3.92. The molecule has 0 saturated heterocycles. The number of halogens is 1. The summed E-state index contributed by atoms with van der Waals surface area (Å²) in [4.78, 5) is 2.59. The largest absolute Gasteiger partial charge is 0.294 e. The Kier molecular flexibility index (Phi) is 5.59. The highest BCUT2D eigenvalue weighted by Gasteiger charge is 2.23. The predicted molar refractivity (Wildman–Crippen MR) is 79.2 cm³/mol. The van der Waals surface area contributed by atoms with E-state index >= 15 is 0 Å². The molecule has 0 spiro atoms. The number of nitrogens with zero attached hydrogens (tertiary/aromatic N) is 3. The Hall–Kier alpha value is -0.670. The van der Waals surface area contributed by atoms with Crippen LogP contribution in [0.25, 0.3) is 0 Å². The van der Waals surface area contributed by atoms with E-state index in [1.54, 1.807) is 0 Å². The maximum atomic E-state index is 5.79. The Bertz CT molecular complexity index is 371. The molecule has 0 aromatic carbocycles. The summed E-state index contributed by atoms with van der Waals surface area (Å²) in [5.74, 6) is 0.750. The average Bonchev–Trinajstić information content (AvgIpc) is 2.90. The molecule has 2 rings (SSSR count). The molecule has 1 aromatic heterocycles. The fourth-order valence-electron chi connectivity index (χ4n) is 2.72. The van der Waals surface area contributed by atoms with Crippen molar-refractivity contribution in [1.82, 2.24) is 15.1 Å². The third-order valence-corrected chi connectivity index (χ3v) is 4.09. The molecule has 0 bridgehead atoms. The normalized spacial score (nSPS) is 16.7. The summed E-state index contributed by atoms with van der Waals surface area (Å²) in [5.41, 5.74) is 1.03. The first-order valence-corrected chi connectivity index (χ1v) is 7.75. The summed E-state index contributed by atoms with van der Waals surface area (Å²) in [6.07, 6.45) is 6.65. The van der Waals surface area contributed by atoms with Crippen LogP contribution in [0, 0.1) is 5.92 Å². The summed E-state index contributed by atoms with van der Waals surface area (Å²) in [6, 6.07) is 4.56. The van der Waals surface area contributed by atoms with Gasteiger partial charge in [-0.2, -0.15) is 5.10 Å². The molecule has 1 aliphatic rings. The zero-order valence-electron chi connectivity index (χ0n) is 12.0. The second-order valence-electron chi connectivity index (χ2n) is 5.94. The monoisotopic (exact) mass is 281 g/mol. The van der Waals surface area contributed by atoms with Gasteiger partial charge in [-0.15, -0.1) is 5.10 Å². The summed E-state index contributed by atoms with van der Waals surface area (Å²) in [6.45, 7) is 6.64. The van der Waals surface area contributed by atoms with Gasteiger partial charge in [0, 0.05) is 12.6 Å². The molecule has 0 atom stereocenters. The molecule has 1 aromatic rings. The molecule has 1 saturated carbocycles. The lowest BCUT2D eigenvalue weighted by Crippen LogP contribution is -2.34. The van der Waals surface area contributed by atoms with E-state index in [-0.39, 0.29) is 0 Å². The van der Waals surface area contributed by atoms with E-state index in [9.17, 15) is 0 Å². The van der Waals surface area contributed by atoms with E-state index < -0.39 is 0 Å². The van der Waals surface area contributed by atoms with E-state index in [2.05, 4.69) is 28.9 Å². The van der Waals surface area contributed by atoms with Gasteiger partial charge >= 0.3 is 0 Å². The molecule has 3 nitrogen and oxygen atoms in total. The number of hydrogen-bond acceptors (Lipinski definition) is 3. The first-order chi connectivity index (χ1) is 9.15. The van der Waals surface area contributed by atoms with Crippen molar-refractivity contribution in [3.63, 3.8) is 0 Å². The molecule has 106 valence electrons. The van der Waals surface area contributed by atoms with E-state index in [0.717, 1.165) is 30.7 Å². The molecular weight excluding hydrogens is 258 g/mol. The Morgan fingerprint density at radius 2 is 2.00 bits per heavy atom. The fourth-order valence-corrected chi connectivity index (χ4v) is 2.82. The van der Waals surface area contributed by atoms with Crippen molar-refractivity contribution in [3.8, 4) is 0 Å². The van der Waals surface area contributed by atoms with E-state index in [1.807, 2.05) is 12.1 Å². The average molecular weight is 282 g/mol. The molecular formula is C15H24ClN3. The molecule has 0 radical (unpaired) electrons. The van der Waals surface area contributed by atoms with E-state index in [4.69, 9.17) is 11.6 Å². The summed E-state index contributed by atoms with van der Waals surface area (Å²) in [7, 11) is 0. The molecule has 0 amide bonds. The Labute approximate surface area is 121 Å². The summed E-state index contributed by atoms with van der Waals surface area (Å²) < 4.78 is 0. The van der Waals surface area contributed by atoms with Crippen LogP contribution in [0.5, 0.6) is 0 Å². The van der Waals surface area contributed by atoms with Gasteiger partial charge in [0.15, 0.2) is 5.15 Å².